The number of aromatic nitrogens is 4. The molecule has 118 valence electrons. The number of hydrogen-bond donors (Lipinski definition) is 1. The maximum Gasteiger partial charge on any atom is 0.407 e. The second kappa shape index (κ2) is 6.55. The molecule has 0 aliphatic carbocycles. The second-order valence-electron chi connectivity index (χ2n) is 5.87. The fourth-order valence-electron chi connectivity index (χ4n) is 1.72. The van der Waals surface area contributed by atoms with Crippen LogP contribution in [0, 0.1) is 0 Å². The van der Waals surface area contributed by atoms with Crippen molar-refractivity contribution < 1.29 is 9.53 Å². The fraction of sp³-hybridized carbons (Fsp3) is 0.467. The van der Waals surface area contributed by atoms with Gasteiger partial charge in [-0.25, -0.2) is 19.7 Å². The number of aryl methyl sites for hydroxylation is 1. The van der Waals surface area contributed by atoms with Crippen LogP contribution < -0.4 is 5.32 Å². The van der Waals surface area contributed by atoms with E-state index in [0.717, 1.165) is 17.7 Å². The first-order chi connectivity index (χ1) is 10.4. The number of nitrogens with one attached hydrogen (secondary N) is 1. The first kappa shape index (κ1) is 15.9. The molecule has 2 aromatic heterocycles. The second-order valence-corrected chi connectivity index (χ2v) is 5.87. The summed E-state index contributed by atoms with van der Waals surface area (Å²) in [6.45, 7) is 7.82. The summed E-state index contributed by atoms with van der Waals surface area (Å²) in [7, 11) is 0. The minimum atomic E-state index is -0.511. The van der Waals surface area contributed by atoms with Crippen molar-refractivity contribution in [1.82, 2.24) is 24.8 Å². The van der Waals surface area contributed by atoms with Gasteiger partial charge in [-0.1, -0.05) is 6.92 Å². The molecule has 22 heavy (non-hydrogen) atoms. The zero-order chi connectivity index (χ0) is 16.2. The molecule has 0 saturated carbocycles. The Balaban J connectivity index is 1.93. The number of alkyl carbamates (subject to hydrolysis) is 1. The highest BCUT2D eigenvalue weighted by Gasteiger charge is 2.15. The Morgan fingerprint density at radius 1 is 1.27 bits per heavy atom. The van der Waals surface area contributed by atoms with E-state index < -0.39 is 11.7 Å². The third-order valence-corrected chi connectivity index (χ3v) is 2.76. The molecule has 0 radical (unpaired) electrons. The van der Waals surface area contributed by atoms with E-state index >= 15 is 0 Å². The molecule has 0 aliphatic heterocycles. The molecule has 0 fully saturated rings. The minimum Gasteiger partial charge on any atom is -0.444 e. The van der Waals surface area contributed by atoms with Gasteiger partial charge >= 0.3 is 6.09 Å². The number of imidazole rings is 1. The van der Waals surface area contributed by atoms with Crippen molar-refractivity contribution >= 4 is 6.09 Å². The van der Waals surface area contributed by atoms with Gasteiger partial charge in [-0.3, -0.25) is 4.57 Å². The number of nitrogens with zero attached hydrogens (tertiary/aromatic N) is 4. The lowest BCUT2D eigenvalue weighted by Gasteiger charge is -2.19. The molecule has 1 amide bonds. The monoisotopic (exact) mass is 303 g/mol. The van der Waals surface area contributed by atoms with E-state index in [-0.39, 0.29) is 0 Å². The van der Waals surface area contributed by atoms with Gasteiger partial charge in [0.25, 0.3) is 0 Å². The molecule has 0 bridgehead atoms. The normalized spacial score (nSPS) is 11.3. The number of amides is 1. The van der Waals surface area contributed by atoms with E-state index in [0.29, 0.717) is 12.5 Å². The molecule has 1 N–H and O–H groups in total. The molecule has 0 atom stereocenters. The molecule has 2 rings (SSSR count). The first-order valence-electron chi connectivity index (χ1n) is 7.18. The summed E-state index contributed by atoms with van der Waals surface area (Å²) in [4.78, 5) is 24.3. The molecule has 7 nitrogen and oxygen atoms in total. The SMILES string of the molecule is CCc1cn(-c2ncc(CNC(=O)OC(C)(C)C)cn2)cn1. The molecular formula is C15H21N5O2. The van der Waals surface area contributed by atoms with Gasteiger partial charge in [0.1, 0.15) is 11.9 Å². The number of hydrogen-bond acceptors (Lipinski definition) is 5. The number of ether oxygens (including phenoxy) is 1. The predicted octanol–water partition coefficient (Wildman–Crippen LogP) is 2.25. The smallest absolute Gasteiger partial charge is 0.407 e. The summed E-state index contributed by atoms with van der Waals surface area (Å²) >= 11 is 0. The summed E-state index contributed by atoms with van der Waals surface area (Å²) in [6, 6.07) is 0. The summed E-state index contributed by atoms with van der Waals surface area (Å²) in [5, 5.41) is 2.67. The summed E-state index contributed by atoms with van der Waals surface area (Å²) < 4.78 is 6.93. The van der Waals surface area contributed by atoms with E-state index in [1.54, 1.807) is 23.3 Å². The highest BCUT2D eigenvalue weighted by atomic mass is 16.6. The van der Waals surface area contributed by atoms with E-state index in [2.05, 4.69) is 20.3 Å². The van der Waals surface area contributed by atoms with Gasteiger partial charge in [-0.15, -0.1) is 0 Å². The van der Waals surface area contributed by atoms with E-state index in [1.807, 2.05) is 33.9 Å². The Bertz CT molecular complexity index is 628. The summed E-state index contributed by atoms with van der Waals surface area (Å²) in [6.07, 6.45) is 7.33. The zero-order valence-corrected chi connectivity index (χ0v) is 13.3. The van der Waals surface area contributed by atoms with E-state index in [4.69, 9.17) is 4.74 Å². The largest absolute Gasteiger partial charge is 0.444 e. The zero-order valence-electron chi connectivity index (χ0n) is 13.3. The Labute approximate surface area is 129 Å². The topological polar surface area (TPSA) is 81.9 Å². The van der Waals surface area contributed by atoms with Gasteiger partial charge in [0.15, 0.2) is 0 Å². The van der Waals surface area contributed by atoms with Gasteiger partial charge < -0.3 is 10.1 Å². The van der Waals surface area contributed by atoms with Crippen molar-refractivity contribution in [3.05, 3.63) is 36.2 Å². The van der Waals surface area contributed by atoms with Crippen molar-refractivity contribution in [2.75, 3.05) is 0 Å². The van der Waals surface area contributed by atoms with Crippen LogP contribution in [0.2, 0.25) is 0 Å². The summed E-state index contributed by atoms with van der Waals surface area (Å²) in [5.41, 5.74) is 1.27. The lowest BCUT2D eigenvalue weighted by atomic mass is 10.2. The minimum absolute atomic E-state index is 0.319. The molecule has 7 heteroatoms. The molecule has 2 aromatic rings. The van der Waals surface area contributed by atoms with Gasteiger partial charge in [-0.2, -0.15) is 0 Å². The third kappa shape index (κ3) is 4.54. The van der Waals surface area contributed by atoms with Crippen LogP contribution in [0.1, 0.15) is 39.0 Å². The molecule has 0 spiro atoms. The predicted molar refractivity (Wildman–Crippen MR) is 81.6 cm³/mol. The van der Waals surface area contributed by atoms with Crippen LogP contribution in [0.25, 0.3) is 5.95 Å². The lowest BCUT2D eigenvalue weighted by Crippen LogP contribution is -2.32. The highest BCUT2D eigenvalue weighted by Crippen LogP contribution is 2.07. The van der Waals surface area contributed by atoms with Crippen molar-refractivity contribution in [3.63, 3.8) is 0 Å². The Morgan fingerprint density at radius 3 is 2.50 bits per heavy atom. The number of rotatable bonds is 4. The van der Waals surface area contributed by atoms with Crippen LogP contribution in [0.5, 0.6) is 0 Å². The molecular weight excluding hydrogens is 282 g/mol. The van der Waals surface area contributed by atoms with E-state index in [1.165, 1.54) is 0 Å². The number of carbonyl (C=O) groups excluding carboxylic acids is 1. The van der Waals surface area contributed by atoms with Gasteiger partial charge in [0.05, 0.1) is 5.69 Å². The molecule has 0 aromatic carbocycles. The molecule has 2 heterocycles. The quantitative estimate of drug-likeness (QED) is 0.936. The average molecular weight is 303 g/mol. The number of carbonyl (C=O) groups is 1. The Hall–Kier alpha value is -2.44. The molecule has 0 aliphatic rings. The lowest BCUT2D eigenvalue weighted by molar-refractivity contribution is 0.0523. The van der Waals surface area contributed by atoms with Gasteiger partial charge in [0, 0.05) is 30.7 Å². The van der Waals surface area contributed by atoms with Crippen molar-refractivity contribution in [1.29, 1.82) is 0 Å². The molecule has 0 saturated heterocycles. The van der Waals surface area contributed by atoms with Crippen LogP contribution in [0.4, 0.5) is 4.79 Å². The van der Waals surface area contributed by atoms with Crippen molar-refractivity contribution in [2.24, 2.45) is 0 Å². The van der Waals surface area contributed by atoms with Crippen LogP contribution in [-0.2, 0) is 17.7 Å². The first-order valence-corrected chi connectivity index (χ1v) is 7.18. The highest BCUT2D eigenvalue weighted by molar-refractivity contribution is 5.67. The maximum absolute atomic E-state index is 11.6. The van der Waals surface area contributed by atoms with Crippen LogP contribution >= 0.6 is 0 Å². The van der Waals surface area contributed by atoms with E-state index in [9.17, 15) is 4.79 Å². The van der Waals surface area contributed by atoms with Gasteiger partial charge in [-0.05, 0) is 27.2 Å². The standard InChI is InChI=1S/C15H21N5O2/c1-5-12-9-20(10-19-12)13-16-6-11(7-17-13)8-18-14(21)22-15(2,3)4/h6-7,9-10H,5,8H2,1-4H3,(H,18,21). The van der Waals surface area contributed by atoms with Crippen LogP contribution in [0.3, 0.4) is 0 Å². The van der Waals surface area contributed by atoms with Crippen molar-refractivity contribution in [3.8, 4) is 5.95 Å². The van der Waals surface area contributed by atoms with Crippen molar-refractivity contribution in [2.45, 2.75) is 46.3 Å². The van der Waals surface area contributed by atoms with Crippen LogP contribution in [0.15, 0.2) is 24.9 Å². The fourth-order valence-corrected chi connectivity index (χ4v) is 1.72. The third-order valence-electron chi connectivity index (χ3n) is 2.76. The maximum atomic E-state index is 11.6. The Morgan fingerprint density at radius 2 is 1.95 bits per heavy atom. The Kier molecular flexibility index (Phi) is 4.75. The van der Waals surface area contributed by atoms with Gasteiger partial charge in [0.2, 0.25) is 5.95 Å². The van der Waals surface area contributed by atoms with Crippen LogP contribution in [-0.4, -0.2) is 31.2 Å². The average Bonchev–Trinajstić information content (AvgIpc) is 2.93. The molecule has 0 unspecified atom stereocenters. The summed E-state index contributed by atoms with van der Waals surface area (Å²) in [5.74, 6) is 0.549.